The fourth-order valence-corrected chi connectivity index (χ4v) is 2.95. The summed E-state index contributed by atoms with van der Waals surface area (Å²) in [6.07, 6.45) is 3.02. The van der Waals surface area contributed by atoms with E-state index in [1.165, 1.54) is 12.8 Å². The summed E-state index contributed by atoms with van der Waals surface area (Å²) in [5.74, 6) is -0.00728. The molecular weight excluding hydrogens is 256 g/mol. The topological polar surface area (TPSA) is 58.6 Å². The second-order valence-corrected chi connectivity index (χ2v) is 7.39. The maximum Gasteiger partial charge on any atom is 0.408 e. The van der Waals surface area contributed by atoms with E-state index in [2.05, 4.69) is 12.2 Å². The number of nitrogens with zero attached hydrogens (tertiary/aromatic N) is 1. The predicted octanol–water partition coefficient (Wildman–Crippen LogP) is 2.30. The fraction of sp³-hybridized carbons (Fsp3) is 0.867. The Kier molecular flexibility index (Phi) is 3.73. The lowest BCUT2D eigenvalue weighted by atomic mass is 10.0. The number of ether oxygens (including phenoxy) is 1. The largest absolute Gasteiger partial charge is 0.444 e. The van der Waals surface area contributed by atoms with Gasteiger partial charge in [-0.1, -0.05) is 0 Å². The molecule has 1 spiro atoms. The molecule has 0 aromatic rings. The molecule has 114 valence electrons. The molecule has 2 rings (SSSR count). The van der Waals surface area contributed by atoms with Crippen LogP contribution in [0.2, 0.25) is 0 Å². The lowest BCUT2D eigenvalue weighted by Crippen LogP contribution is -2.49. The highest BCUT2D eigenvalue weighted by Gasteiger charge is 2.52. The number of rotatable bonds is 2. The number of nitrogens with one attached hydrogen (secondary N) is 1. The Labute approximate surface area is 121 Å². The minimum Gasteiger partial charge on any atom is -0.444 e. The molecule has 1 N–H and O–H groups in total. The van der Waals surface area contributed by atoms with Crippen LogP contribution in [-0.4, -0.2) is 41.1 Å². The summed E-state index contributed by atoms with van der Waals surface area (Å²) in [7, 11) is 0. The van der Waals surface area contributed by atoms with E-state index in [0.29, 0.717) is 5.41 Å². The summed E-state index contributed by atoms with van der Waals surface area (Å²) in [5.41, 5.74) is -0.160. The number of likely N-dealkylation sites (tertiary alicyclic amines) is 1. The normalized spacial score (nSPS) is 25.4. The van der Waals surface area contributed by atoms with Gasteiger partial charge in [0.15, 0.2) is 0 Å². The number of alkyl carbamates (subject to hydrolysis) is 1. The molecule has 0 aromatic carbocycles. The molecule has 1 saturated heterocycles. The average Bonchev–Trinajstić information content (AvgIpc) is 2.92. The molecule has 0 unspecified atom stereocenters. The Balaban J connectivity index is 1.87. The maximum atomic E-state index is 12.4. The van der Waals surface area contributed by atoms with Crippen LogP contribution in [0.15, 0.2) is 0 Å². The van der Waals surface area contributed by atoms with Crippen molar-refractivity contribution in [3.8, 4) is 0 Å². The van der Waals surface area contributed by atoms with E-state index in [4.69, 9.17) is 4.74 Å². The SMILES string of the molecule is C[C@@H](NC(=O)OC(C)(C)C)C(=O)N1CC2(CC2)C[C@@H]1C. The molecular formula is C15H26N2O3. The third-order valence-electron chi connectivity index (χ3n) is 4.11. The standard InChI is InChI=1S/C15H26N2O3/c1-10-8-15(6-7-15)9-17(10)12(18)11(2)16-13(19)20-14(3,4)5/h10-11H,6-9H2,1-5H3,(H,16,19)/t10-,11+/m0/s1. The van der Waals surface area contributed by atoms with Crippen molar-refractivity contribution in [1.82, 2.24) is 10.2 Å². The van der Waals surface area contributed by atoms with Gasteiger partial charge in [0.1, 0.15) is 11.6 Å². The third kappa shape index (κ3) is 3.44. The average molecular weight is 282 g/mol. The molecule has 0 bridgehead atoms. The molecule has 20 heavy (non-hydrogen) atoms. The second-order valence-electron chi connectivity index (χ2n) is 7.39. The van der Waals surface area contributed by atoms with Crippen LogP contribution >= 0.6 is 0 Å². The van der Waals surface area contributed by atoms with Gasteiger partial charge in [0.2, 0.25) is 5.91 Å². The smallest absolute Gasteiger partial charge is 0.408 e. The first-order chi connectivity index (χ1) is 9.12. The molecule has 2 amide bonds. The molecule has 1 heterocycles. The minimum absolute atomic E-state index is 0.00728. The number of amides is 2. The highest BCUT2D eigenvalue weighted by Crippen LogP contribution is 2.54. The van der Waals surface area contributed by atoms with E-state index < -0.39 is 17.7 Å². The van der Waals surface area contributed by atoms with Crippen LogP contribution in [0.25, 0.3) is 0 Å². The molecule has 0 aromatic heterocycles. The number of carbonyl (C=O) groups excluding carboxylic acids is 2. The zero-order chi connectivity index (χ0) is 15.1. The van der Waals surface area contributed by atoms with Crippen LogP contribution in [0.5, 0.6) is 0 Å². The van der Waals surface area contributed by atoms with Gasteiger partial charge in [-0.25, -0.2) is 4.79 Å². The Morgan fingerprint density at radius 3 is 2.40 bits per heavy atom. The van der Waals surface area contributed by atoms with E-state index in [1.54, 1.807) is 27.7 Å². The third-order valence-corrected chi connectivity index (χ3v) is 4.11. The van der Waals surface area contributed by atoms with Crippen molar-refractivity contribution < 1.29 is 14.3 Å². The van der Waals surface area contributed by atoms with Crippen molar-refractivity contribution in [1.29, 1.82) is 0 Å². The van der Waals surface area contributed by atoms with Gasteiger partial charge in [-0.3, -0.25) is 4.79 Å². The van der Waals surface area contributed by atoms with Crippen molar-refractivity contribution in [2.24, 2.45) is 5.41 Å². The molecule has 2 fully saturated rings. The van der Waals surface area contributed by atoms with Crippen LogP contribution in [0, 0.1) is 5.41 Å². The Bertz CT molecular complexity index is 410. The Morgan fingerprint density at radius 1 is 1.35 bits per heavy atom. The van der Waals surface area contributed by atoms with Crippen LogP contribution in [0.1, 0.15) is 53.9 Å². The van der Waals surface area contributed by atoms with Gasteiger partial charge in [-0.15, -0.1) is 0 Å². The van der Waals surface area contributed by atoms with Gasteiger partial charge in [-0.05, 0) is 59.3 Å². The van der Waals surface area contributed by atoms with E-state index in [-0.39, 0.29) is 11.9 Å². The molecule has 1 aliphatic heterocycles. The van der Waals surface area contributed by atoms with E-state index in [9.17, 15) is 9.59 Å². The van der Waals surface area contributed by atoms with Crippen molar-refractivity contribution in [3.63, 3.8) is 0 Å². The highest BCUT2D eigenvalue weighted by molar-refractivity contribution is 5.86. The first-order valence-corrected chi connectivity index (χ1v) is 7.42. The number of hydrogen-bond donors (Lipinski definition) is 1. The fourth-order valence-electron chi connectivity index (χ4n) is 2.95. The lowest BCUT2D eigenvalue weighted by molar-refractivity contribution is -0.133. The van der Waals surface area contributed by atoms with Crippen LogP contribution in [0.4, 0.5) is 4.79 Å². The minimum atomic E-state index is -0.550. The zero-order valence-electron chi connectivity index (χ0n) is 13.2. The van der Waals surface area contributed by atoms with Gasteiger partial charge in [-0.2, -0.15) is 0 Å². The van der Waals surface area contributed by atoms with Crippen molar-refractivity contribution in [2.75, 3.05) is 6.54 Å². The van der Waals surface area contributed by atoms with Crippen LogP contribution in [-0.2, 0) is 9.53 Å². The van der Waals surface area contributed by atoms with Gasteiger partial charge in [0.05, 0.1) is 0 Å². The quantitative estimate of drug-likeness (QED) is 0.845. The van der Waals surface area contributed by atoms with Crippen LogP contribution < -0.4 is 5.32 Å². The van der Waals surface area contributed by atoms with E-state index >= 15 is 0 Å². The first kappa shape index (κ1) is 15.1. The van der Waals surface area contributed by atoms with E-state index in [0.717, 1.165) is 13.0 Å². The molecule has 2 atom stereocenters. The number of carbonyl (C=O) groups is 2. The predicted molar refractivity (Wildman–Crippen MR) is 76.3 cm³/mol. The van der Waals surface area contributed by atoms with Gasteiger partial charge in [0.25, 0.3) is 0 Å². The van der Waals surface area contributed by atoms with Crippen molar-refractivity contribution >= 4 is 12.0 Å². The summed E-state index contributed by atoms with van der Waals surface area (Å²) in [5, 5.41) is 2.63. The van der Waals surface area contributed by atoms with Crippen molar-refractivity contribution in [2.45, 2.75) is 71.6 Å². The maximum absolute atomic E-state index is 12.4. The lowest BCUT2D eigenvalue weighted by Gasteiger charge is -2.27. The van der Waals surface area contributed by atoms with E-state index in [1.807, 2.05) is 4.90 Å². The molecule has 1 aliphatic carbocycles. The number of hydrogen-bond acceptors (Lipinski definition) is 3. The molecule has 2 aliphatic rings. The van der Waals surface area contributed by atoms with Crippen LogP contribution in [0.3, 0.4) is 0 Å². The van der Waals surface area contributed by atoms with Crippen molar-refractivity contribution in [3.05, 3.63) is 0 Å². The second kappa shape index (κ2) is 4.93. The van der Waals surface area contributed by atoms with Gasteiger partial charge in [0, 0.05) is 12.6 Å². The highest BCUT2D eigenvalue weighted by atomic mass is 16.6. The summed E-state index contributed by atoms with van der Waals surface area (Å²) >= 11 is 0. The summed E-state index contributed by atoms with van der Waals surface area (Å²) < 4.78 is 5.18. The molecule has 0 radical (unpaired) electrons. The van der Waals surface area contributed by atoms with Gasteiger partial charge >= 0.3 is 6.09 Å². The molecule has 1 saturated carbocycles. The summed E-state index contributed by atoms with van der Waals surface area (Å²) in [6, 6.07) is -0.269. The Hall–Kier alpha value is -1.26. The zero-order valence-corrected chi connectivity index (χ0v) is 13.2. The molecule has 5 nitrogen and oxygen atoms in total. The monoisotopic (exact) mass is 282 g/mol. The van der Waals surface area contributed by atoms with Gasteiger partial charge < -0.3 is 15.0 Å². The summed E-state index contributed by atoms with van der Waals surface area (Å²) in [4.78, 5) is 26.0. The molecule has 5 heteroatoms. The summed E-state index contributed by atoms with van der Waals surface area (Å²) in [6.45, 7) is 10.1. The first-order valence-electron chi connectivity index (χ1n) is 7.42. The Morgan fingerprint density at radius 2 is 1.95 bits per heavy atom.